The molecule has 0 aromatic heterocycles. The van der Waals surface area contributed by atoms with Gasteiger partial charge in [0, 0.05) is 26.2 Å². The van der Waals surface area contributed by atoms with Crippen LogP contribution in [0.15, 0.2) is 0 Å². The standard InChI is InChI=1S/C8H14N2O2/c9-6-8-7-10(2-1-4-11)3-5-12-8/h8,11H,1-5,7H2. The second-order valence-corrected chi connectivity index (χ2v) is 2.87. The van der Waals surface area contributed by atoms with E-state index in [-0.39, 0.29) is 12.7 Å². The van der Waals surface area contributed by atoms with E-state index in [4.69, 9.17) is 15.1 Å². The summed E-state index contributed by atoms with van der Waals surface area (Å²) in [4.78, 5) is 2.15. The zero-order chi connectivity index (χ0) is 8.81. The second-order valence-electron chi connectivity index (χ2n) is 2.87. The van der Waals surface area contributed by atoms with Gasteiger partial charge in [-0.3, -0.25) is 4.90 Å². The number of rotatable bonds is 3. The predicted molar refractivity (Wildman–Crippen MR) is 43.5 cm³/mol. The smallest absolute Gasteiger partial charge is 0.156 e. The molecule has 12 heavy (non-hydrogen) atoms. The maximum Gasteiger partial charge on any atom is 0.156 e. The van der Waals surface area contributed by atoms with E-state index in [9.17, 15) is 0 Å². The van der Waals surface area contributed by atoms with Crippen molar-refractivity contribution >= 4 is 0 Å². The summed E-state index contributed by atoms with van der Waals surface area (Å²) in [6.45, 7) is 3.25. The number of nitrogens with zero attached hydrogens (tertiary/aromatic N) is 2. The van der Waals surface area contributed by atoms with Crippen molar-refractivity contribution < 1.29 is 9.84 Å². The molecule has 1 N–H and O–H groups in total. The SMILES string of the molecule is N#CC1CN(CCCO)CCO1. The number of aliphatic hydroxyl groups is 1. The molecule has 1 aliphatic rings. The summed E-state index contributed by atoms with van der Waals surface area (Å²) < 4.78 is 5.17. The van der Waals surface area contributed by atoms with Crippen molar-refractivity contribution in [1.29, 1.82) is 5.26 Å². The number of aliphatic hydroxyl groups excluding tert-OH is 1. The fourth-order valence-corrected chi connectivity index (χ4v) is 1.28. The van der Waals surface area contributed by atoms with Crippen LogP contribution in [0, 0.1) is 11.3 Å². The molecule has 1 saturated heterocycles. The van der Waals surface area contributed by atoms with E-state index in [1.54, 1.807) is 0 Å². The fourth-order valence-electron chi connectivity index (χ4n) is 1.28. The van der Waals surface area contributed by atoms with Gasteiger partial charge < -0.3 is 9.84 Å². The van der Waals surface area contributed by atoms with E-state index in [1.807, 2.05) is 0 Å². The normalized spacial score (nSPS) is 25.2. The molecule has 1 rings (SSSR count). The lowest BCUT2D eigenvalue weighted by molar-refractivity contribution is -0.00115. The zero-order valence-corrected chi connectivity index (χ0v) is 7.07. The largest absolute Gasteiger partial charge is 0.396 e. The lowest BCUT2D eigenvalue weighted by atomic mass is 10.3. The molecule has 68 valence electrons. The van der Waals surface area contributed by atoms with Gasteiger partial charge in [-0.15, -0.1) is 0 Å². The average molecular weight is 170 g/mol. The van der Waals surface area contributed by atoms with E-state index >= 15 is 0 Å². The van der Waals surface area contributed by atoms with Crippen LogP contribution in [0.25, 0.3) is 0 Å². The van der Waals surface area contributed by atoms with E-state index in [2.05, 4.69) is 11.0 Å². The fraction of sp³-hybridized carbons (Fsp3) is 0.875. The van der Waals surface area contributed by atoms with Gasteiger partial charge in [0.2, 0.25) is 0 Å². The van der Waals surface area contributed by atoms with Crippen LogP contribution in [0.2, 0.25) is 0 Å². The van der Waals surface area contributed by atoms with Gasteiger partial charge >= 0.3 is 0 Å². The first-order chi connectivity index (χ1) is 5.86. The molecule has 1 unspecified atom stereocenters. The monoisotopic (exact) mass is 170 g/mol. The predicted octanol–water partition coefficient (Wildman–Crippen LogP) is -0.407. The summed E-state index contributed by atoms with van der Waals surface area (Å²) in [5.74, 6) is 0. The van der Waals surface area contributed by atoms with Crippen LogP contribution in [0.1, 0.15) is 6.42 Å². The van der Waals surface area contributed by atoms with Gasteiger partial charge in [0.15, 0.2) is 6.10 Å². The Morgan fingerprint density at radius 1 is 1.67 bits per heavy atom. The van der Waals surface area contributed by atoms with Crippen molar-refractivity contribution in [2.75, 3.05) is 32.8 Å². The van der Waals surface area contributed by atoms with Crippen LogP contribution in [-0.4, -0.2) is 49.0 Å². The topological polar surface area (TPSA) is 56.5 Å². The van der Waals surface area contributed by atoms with Crippen molar-refractivity contribution in [3.05, 3.63) is 0 Å². The molecule has 1 heterocycles. The van der Waals surface area contributed by atoms with Crippen molar-refractivity contribution in [3.8, 4) is 6.07 Å². The van der Waals surface area contributed by atoms with Gasteiger partial charge in [-0.05, 0) is 6.42 Å². The molecule has 0 aromatic carbocycles. The van der Waals surface area contributed by atoms with E-state index in [1.165, 1.54) is 0 Å². The number of hydrogen-bond donors (Lipinski definition) is 1. The molecule has 1 fully saturated rings. The van der Waals surface area contributed by atoms with Gasteiger partial charge in [0.25, 0.3) is 0 Å². The van der Waals surface area contributed by atoms with Gasteiger partial charge in [-0.25, -0.2) is 0 Å². The summed E-state index contributed by atoms with van der Waals surface area (Å²) in [7, 11) is 0. The van der Waals surface area contributed by atoms with Crippen LogP contribution < -0.4 is 0 Å². The highest BCUT2D eigenvalue weighted by Gasteiger charge is 2.18. The van der Waals surface area contributed by atoms with Crippen LogP contribution in [0.3, 0.4) is 0 Å². The van der Waals surface area contributed by atoms with Crippen LogP contribution in [0.5, 0.6) is 0 Å². The highest BCUT2D eigenvalue weighted by atomic mass is 16.5. The Bertz CT molecular complexity index is 167. The zero-order valence-electron chi connectivity index (χ0n) is 7.07. The van der Waals surface area contributed by atoms with Crippen molar-refractivity contribution in [3.63, 3.8) is 0 Å². The highest BCUT2D eigenvalue weighted by Crippen LogP contribution is 2.04. The summed E-state index contributed by atoms with van der Waals surface area (Å²) in [5.41, 5.74) is 0. The average Bonchev–Trinajstić information content (AvgIpc) is 2.15. The summed E-state index contributed by atoms with van der Waals surface area (Å²) in [5, 5.41) is 17.2. The van der Waals surface area contributed by atoms with E-state index in [0.29, 0.717) is 13.2 Å². The van der Waals surface area contributed by atoms with Gasteiger partial charge in [0.05, 0.1) is 12.7 Å². The minimum atomic E-state index is -0.280. The van der Waals surface area contributed by atoms with E-state index in [0.717, 1.165) is 19.5 Å². The molecule has 0 aliphatic carbocycles. The molecule has 0 amide bonds. The molecule has 0 aromatic rings. The first-order valence-electron chi connectivity index (χ1n) is 4.21. The van der Waals surface area contributed by atoms with Crippen LogP contribution >= 0.6 is 0 Å². The number of morpholine rings is 1. The molecular weight excluding hydrogens is 156 g/mol. The first kappa shape index (κ1) is 9.46. The molecule has 0 spiro atoms. The Morgan fingerprint density at radius 2 is 2.50 bits per heavy atom. The van der Waals surface area contributed by atoms with Crippen molar-refractivity contribution in [2.24, 2.45) is 0 Å². The Kier molecular flexibility index (Phi) is 4.01. The summed E-state index contributed by atoms with van der Waals surface area (Å²) in [6.07, 6.45) is 0.496. The third-order valence-corrected chi connectivity index (χ3v) is 1.93. The minimum absolute atomic E-state index is 0.217. The quantitative estimate of drug-likeness (QED) is 0.625. The van der Waals surface area contributed by atoms with Gasteiger partial charge in [-0.1, -0.05) is 0 Å². The Morgan fingerprint density at radius 3 is 3.17 bits per heavy atom. The lowest BCUT2D eigenvalue weighted by Crippen LogP contribution is -2.42. The molecule has 0 bridgehead atoms. The third-order valence-electron chi connectivity index (χ3n) is 1.93. The van der Waals surface area contributed by atoms with Gasteiger partial charge in [0.1, 0.15) is 0 Å². The number of hydrogen-bond acceptors (Lipinski definition) is 4. The Hall–Kier alpha value is -0.630. The Labute approximate surface area is 72.3 Å². The van der Waals surface area contributed by atoms with Crippen LogP contribution in [-0.2, 0) is 4.74 Å². The maximum absolute atomic E-state index is 8.60. The first-order valence-corrected chi connectivity index (χ1v) is 4.21. The Balaban J connectivity index is 2.22. The minimum Gasteiger partial charge on any atom is -0.396 e. The van der Waals surface area contributed by atoms with Crippen molar-refractivity contribution in [1.82, 2.24) is 4.90 Å². The van der Waals surface area contributed by atoms with E-state index < -0.39 is 0 Å². The molecule has 0 saturated carbocycles. The molecule has 4 nitrogen and oxygen atoms in total. The second kappa shape index (κ2) is 5.09. The maximum atomic E-state index is 8.60. The lowest BCUT2D eigenvalue weighted by Gasteiger charge is -2.29. The molecular formula is C8H14N2O2. The summed E-state index contributed by atoms with van der Waals surface area (Å²) >= 11 is 0. The number of nitriles is 1. The summed E-state index contributed by atoms with van der Waals surface area (Å²) in [6, 6.07) is 2.08. The van der Waals surface area contributed by atoms with Crippen LogP contribution in [0.4, 0.5) is 0 Å². The third kappa shape index (κ3) is 2.78. The molecule has 1 atom stereocenters. The molecule has 1 aliphatic heterocycles. The molecule has 0 radical (unpaired) electrons. The van der Waals surface area contributed by atoms with Gasteiger partial charge in [-0.2, -0.15) is 5.26 Å². The number of ether oxygens (including phenoxy) is 1. The van der Waals surface area contributed by atoms with Crippen molar-refractivity contribution in [2.45, 2.75) is 12.5 Å². The molecule has 4 heteroatoms. The highest BCUT2D eigenvalue weighted by molar-refractivity contribution is 4.88.